The Bertz CT molecular complexity index is 895. The van der Waals surface area contributed by atoms with E-state index in [1.54, 1.807) is 32.0 Å². The van der Waals surface area contributed by atoms with Crippen molar-refractivity contribution in [2.45, 2.75) is 77.4 Å². The summed E-state index contributed by atoms with van der Waals surface area (Å²) >= 11 is 0. The Morgan fingerprint density at radius 1 is 1.09 bits per heavy atom. The number of ether oxygens (including phenoxy) is 2. The number of sulfone groups is 1. The number of carbonyl (C=O) groups excluding carboxylic acids is 2. The SMILES string of the molecule is CCCOc1cc(CC(=O)C2CCC(CS(=O)(=O)C(C)(C)CC)CC2)ccc1C(=O)OC. The highest BCUT2D eigenvalue weighted by atomic mass is 32.2. The van der Waals surface area contributed by atoms with Gasteiger partial charge in [-0.2, -0.15) is 0 Å². The average molecular weight is 467 g/mol. The zero-order valence-electron chi connectivity index (χ0n) is 20.1. The first-order chi connectivity index (χ1) is 15.0. The summed E-state index contributed by atoms with van der Waals surface area (Å²) in [5.41, 5.74) is 1.16. The van der Waals surface area contributed by atoms with Gasteiger partial charge < -0.3 is 9.47 Å². The van der Waals surface area contributed by atoms with Crippen LogP contribution in [0.3, 0.4) is 0 Å². The largest absolute Gasteiger partial charge is 0.493 e. The second-order valence-electron chi connectivity index (χ2n) is 9.43. The van der Waals surface area contributed by atoms with Crippen LogP contribution in [0, 0.1) is 11.8 Å². The lowest BCUT2D eigenvalue weighted by molar-refractivity contribution is -0.123. The molecule has 0 saturated heterocycles. The van der Waals surface area contributed by atoms with E-state index in [2.05, 4.69) is 0 Å². The quantitative estimate of drug-likeness (QED) is 0.436. The number of Topliss-reactive ketones (excluding diaryl/α,β-unsaturated/α-hetero) is 1. The molecular weight excluding hydrogens is 428 g/mol. The molecule has 1 fully saturated rings. The maximum absolute atomic E-state index is 12.9. The van der Waals surface area contributed by atoms with Gasteiger partial charge in [0.15, 0.2) is 9.84 Å². The molecular formula is C25H38O6S. The van der Waals surface area contributed by atoms with Crippen molar-refractivity contribution in [1.29, 1.82) is 0 Å². The van der Waals surface area contributed by atoms with Gasteiger partial charge in [0.1, 0.15) is 17.1 Å². The van der Waals surface area contributed by atoms with E-state index in [4.69, 9.17) is 9.47 Å². The lowest BCUT2D eigenvalue weighted by Crippen LogP contribution is -2.37. The average Bonchev–Trinajstić information content (AvgIpc) is 2.77. The smallest absolute Gasteiger partial charge is 0.341 e. The van der Waals surface area contributed by atoms with Crippen molar-refractivity contribution in [2.75, 3.05) is 19.5 Å². The van der Waals surface area contributed by atoms with Crippen molar-refractivity contribution in [3.05, 3.63) is 29.3 Å². The Labute approximate surface area is 193 Å². The molecule has 0 spiro atoms. The van der Waals surface area contributed by atoms with Crippen molar-refractivity contribution in [3.63, 3.8) is 0 Å². The molecule has 0 amide bonds. The van der Waals surface area contributed by atoms with Crippen LogP contribution in [0.4, 0.5) is 0 Å². The summed E-state index contributed by atoms with van der Waals surface area (Å²) in [6.45, 7) is 7.95. The first-order valence-corrected chi connectivity index (χ1v) is 13.3. The number of hydrogen-bond acceptors (Lipinski definition) is 6. The standard InChI is InChI=1S/C25H38O6S/c1-6-14-31-23-16-19(10-13-21(23)24(27)30-5)15-22(26)20-11-8-18(9-12-20)17-32(28,29)25(3,4)7-2/h10,13,16,18,20H,6-9,11-12,14-15,17H2,1-5H3. The second-order valence-corrected chi connectivity index (χ2v) is 12.1. The predicted molar refractivity (Wildman–Crippen MR) is 126 cm³/mol. The highest BCUT2D eigenvalue weighted by Crippen LogP contribution is 2.34. The Kier molecular flexibility index (Phi) is 9.31. The van der Waals surface area contributed by atoms with Crippen LogP contribution in [0.5, 0.6) is 5.75 Å². The van der Waals surface area contributed by atoms with Crippen molar-refractivity contribution in [1.82, 2.24) is 0 Å². The highest BCUT2D eigenvalue weighted by molar-refractivity contribution is 7.92. The zero-order valence-corrected chi connectivity index (χ0v) is 20.9. The van der Waals surface area contributed by atoms with E-state index in [0.29, 0.717) is 24.3 Å². The summed E-state index contributed by atoms with van der Waals surface area (Å²) < 4.78 is 35.2. The molecule has 0 bridgehead atoms. The maximum atomic E-state index is 12.9. The molecule has 7 heteroatoms. The third kappa shape index (κ3) is 6.56. The Hall–Kier alpha value is -1.89. The molecule has 180 valence electrons. The summed E-state index contributed by atoms with van der Waals surface area (Å²) in [6, 6.07) is 5.18. The van der Waals surface area contributed by atoms with Crippen LogP contribution >= 0.6 is 0 Å². The van der Waals surface area contributed by atoms with Gasteiger partial charge in [0.05, 0.1) is 24.2 Å². The summed E-state index contributed by atoms with van der Waals surface area (Å²) in [5, 5.41) is 0. The van der Waals surface area contributed by atoms with Gasteiger partial charge in [0, 0.05) is 12.3 Å². The molecule has 0 radical (unpaired) electrons. The maximum Gasteiger partial charge on any atom is 0.341 e. The van der Waals surface area contributed by atoms with Crippen LogP contribution < -0.4 is 4.74 Å². The molecule has 1 aliphatic rings. The fraction of sp³-hybridized carbons (Fsp3) is 0.680. The second kappa shape index (κ2) is 11.3. The van der Waals surface area contributed by atoms with E-state index < -0.39 is 20.6 Å². The van der Waals surface area contributed by atoms with Gasteiger partial charge in [-0.05, 0) is 76.0 Å². The molecule has 1 aliphatic carbocycles. The van der Waals surface area contributed by atoms with Gasteiger partial charge >= 0.3 is 5.97 Å². The molecule has 1 saturated carbocycles. The fourth-order valence-electron chi connectivity index (χ4n) is 4.04. The van der Waals surface area contributed by atoms with Gasteiger partial charge in [0.25, 0.3) is 0 Å². The number of carbonyl (C=O) groups is 2. The van der Waals surface area contributed by atoms with Crippen LogP contribution in [0.2, 0.25) is 0 Å². The van der Waals surface area contributed by atoms with Gasteiger partial charge in [0.2, 0.25) is 0 Å². The summed E-state index contributed by atoms with van der Waals surface area (Å²) in [4.78, 5) is 24.9. The fourth-order valence-corrected chi connectivity index (χ4v) is 5.88. The van der Waals surface area contributed by atoms with Gasteiger partial charge in [-0.3, -0.25) is 4.79 Å². The Morgan fingerprint density at radius 3 is 2.31 bits per heavy atom. The van der Waals surface area contributed by atoms with Crippen LogP contribution in [0.25, 0.3) is 0 Å². The van der Waals surface area contributed by atoms with Crippen LogP contribution in [0.1, 0.15) is 82.1 Å². The number of methoxy groups -OCH3 is 1. The van der Waals surface area contributed by atoms with Gasteiger partial charge in [-0.15, -0.1) is 0 Å². The summed E-state index contributed by atoms with van der Waals surface area (Å²) in [7, 11) is -1.83. The van der Waals surface area contributed by atoms with E-state index in [-0.39, 0.29) is 29.8 Å². The third-order valence-electron chi connectivity index (χ3n) is 6.74. The normalized spacial score (nSPS) is 19.4. The number of hydrogen-bond donors (Lipinski definition) is 0. The first kappa shape index (κ1) is 26.4. The minimum absolute atomic E-state index is 0.0477. The molecule has 0 heterocycles. The number of rotatable bonds is 11. The molecule has 0 unspecified atom stereocenters. The molecule has 32 heavy (non-hydrogen) atoms. The summed E-state index contributed by atoms with van der Waals surface area (Å²) in [6.07, 6.45) is 4.67. The predicted octanol–water partition coefficient (Wildman–Crippen LogP) is 4.78. The van der Waals surface area contributed by atoms with E-state index in [0.717, 1.165) is 37.7 Å². The monoisotopic (exact) mass is 466 g/mol. The van der Waals surface area contributed by atoms with Gasteiger partial charge in [-0.1, -0.05) is 19.9 Å². The number of ketones is 1. The Morgan fingerprint density at radius 2 is 1.75 bits per heavy atom. The van der Waals surface area contributed by atoms with Crippen molar-refractivity contribution >= 4 is 21.6 Å². The van der Waals surface area contributed by atoms with Crippen molar-refractivity contribution in [2.24, 2.45) is 11.8 Å². The molecule has 2 rings (SSSR count). The van der Waals surface area contributed by atoms with Crippen LogP contribution in [-0.4, -0.2) is 44.4 Å². The molecule has 6 nitrogen and oxygen atoms in total. The summed E-state index contributed by atoms with van der Waals surface area (Å²) in [5.74, 6) is 0.427. The highest BCUT2D eigenvalue weighted by Gasteiger charge is 2.36. The van der Waals surface area contributed by atoms with E-state index >= 15 is 0 Å². The van der Waals surface area contributed by atoms with E-state index in [1.807, 2.05) is 13.8 Å². The molecule has 1 aromatic carbocycles. The topological polar surface area (TPSA) is 86.7 Å². The number of benzene rings is 1. The minimum atomic E-state index is -3.16. The molecule has 0 atom stereocenters. The van der Waals surface area contributed by atoms with Crippen molar-refractivity contribution < 1.29 is 27.5 Å². The van der Waals surface area contributed by atoms with Crippen LogP contribution in [-0.2, 0) is 25.8 Å². The van der Waals surface area contributed by atoms with E-state index in [9.17, 15) is 18.0 Å². The van der Waals surface area contributed by atoms with E-state index in [1.165, 1.54) is 7.11 Å². The molecule has 0 aliphatic heterocycles. The molecule has 1 aromatic rings. The molecule has 0 N–H and O–H groups in total. The van der Waals surface area contributed by atoms with Crippen LogP contribution in [0.15, 0.2) is 18.2 Å². The first-order valence-electron chi connectivity index (χ1n) is 11.6. The Balaban J connectivity index is 1.99. The minimum Gasteiger partial charge on any atom is -0.493 e. The lowest BCUT2D eigenvalue weighted by Gasteiger charge is -2.31. The lowest BCUT2D eigenvalue weighted by atomic mass is 9.79. The zero-order chi connectivity index (χ0) is 23.9. The van der Waals surface area contributed by atoms with Crippen molar-refractivity contribution in [3.8, 4) is 5.75 Å². The third-order valence-corrected chi connectivity index (χ3v) is 9.62. The molecule has 0 aromatic heterocycles. The number of esters is 1. The van der Waals surface area contributed by atoms with Gasteiger partial charge in [-0.25, -0.2) is 13.2 Å².